The summed E-state index contributed by atoms with van der Waals surface area (Å²) in [6.45, 7) is 0.0147. The zero-order valence-corrected chi connectivity index (χ0v) is 24.6. The number of nitrogens with zero attached hydrogens (tertiary/aromatic N) is 2. The number of urea groups is 1. The van der Waals surface area contributed by atoms with E-state index in [1.807, 2.05) is 36.4 Å². The number of imide groups is 3. The summed E-state index contributed by atoms with van der Waals surface area (Å²) in [5, 5.41) is 7.41. The van der Waals surface area contributed by atoms with Crippen LogP contribution in [0.5, 0.6) is 0 Å². The Bertz CT molecular complexity index is 1460. The van der Waals surface area contributed by atoms with Crippen LogP contribution in [0.4, 0.5) is 24.9 Å². The topological polar surface area (TPSA) is 161 Å². The fourth-order valence-corrected chi connectivity index (χ4v) is 4.59. The minimum atomic E-state index is -1.10. The lowest BCUT2D eigenvalue weighted by Gasteiger charge is -2.40. The van der Waals surface area contributed by atoms with Gasteiger partial charge in [-0.2, -0.15) is 4.79 Å². The molecule has 234 valence electrons. The summed E-state index contributed by atoms with van der Waals surface area (Å²) in [5.41, 5.74) is 1.97. The first-order valence-electron chi connectivity index (χ1n) is 14.2. The normalized spacial score (nSPS) is 16.7. The van der Waals surface area contributed by atoms with E-state index in [1.54, 1.807) is 54.6 Å². The number of quaternary nitrogens is 1. The zero-order valence-electron chi connectivity index (χ0n) is 24.6. The van der Waals surface area contributed by atoms with Crippen LogP contribution in [0.1, 0.15) is 24.0 Å². The summed E-state index contributed by atoms with van der Waals surface area (Å²) >= 11 is 0. The number of β-lactam (4-membered cyclic amide) rings is 1. The Kier molecular flexibility index (Phi) is 11.3. The first kappa shape index (κ1) is 32.4. The number of carbonyl (C=O) groups is 5. The third-order valence-corrected chi connectivity index (χ3v) is 6.92. The Labute approximate surface area is 259 Å². The van der Waals surface area contributed by atoms with E-state index in [4.69, 9.17) is 14.2 Å². The molecular weight excluding hydrogens is 582 g/mol. The zero-order chi connectivity index (χ0) is 32.1. The number of hydrogen-bond acceptors (Lipinski definition) is 9. The number of methoxy groups -OCH3 is 1. The van der Waals surface area contributed by atoms with Crippen LogP contribution in [0.25, 0.3) is 0 Å². The number of amides is 6. The van der Waals surface area contributed by atoms with Crippen LogP contribution in [-0.4, -0.2) is 60.9 Å². The van der Waals surface area contributed by atoms with Gasteiger partial charge in [-0.15, -0.1) is 0 Å². The number of guanidine groups is 1. The molecule has 1 saturated heterocycles. The molecule has 3 aromatic carbocycles. The van der Waals surface area contributed by atoms with E-state index in [9.17, 15) is 24.0 Å². The maximum absolute atomic E-state index is 13.1. The summed E-state index contributed by atoms with van der Waals surface area (Å²) in [4.78, 5) is 67.9. The maximum Gasteiger partial charge on any atom is 0.532 e. The number of hydrogen-bond donors (Lipinski definition) is 3. The minimum absolute atomic E-state index is 0.000241. The fraction of sp³-hybridized carbons (Fsp3) is 0.250. The predicted octanol–water partition coefficient (Wildman–Crippen LogP) is 4.95. The molecule has 0 radical (unpaired) electrons. The first-order chi connectivity index (χ1) is 21.8. The van der Waals surface area contributed by atoms with Gasteiger partial charge in [-0.3, -0.25) is 20.9 Å². The van der Waals surface area contributed by atoms with Gasteiger partial charge in [0, 0.05) is 12.2 Å². The molecule has 1 fully saturated rings. The van der Waals surface area contributed by atoms with Crippen LogP contribution in [0, 0.1) is 5.92 Å². The molecule has 3 N–H and O–H groups in total. The molecule has 0 aromatic heterocycles. The van der Waals surface area contributed by atoms with E-state index in [2.05, 4.69) is 20.9 Å². The number of carbonyl (C=O) groups excluding carboxylic acids is 5. The molecule has 0 unspecified atom stereocenters. The molecule has 0 aliphatic carbocycles. The van der Waals surface area contributed by atoms with Crippen molar-refractivity contribution in [3.05, 3.63) is 102 Å². The van der Waals surface area contributed by atoms with Crippen molar-refractivity contribution in [3.63, 3.8) is 0 Å². The number of para-hydroxylation sites is 1. The van der Waals surface area contributed by atoms with Gasteiger partial charge in [0.1, 0.15) is 25.7 Å². The third kappa shape index (κ3) is 8.74. The van der Waals surface area contributed by atoms with Gasteiger partial charge in [-0.05, 0) is 36.1 Å². The summed E-state index contributed by atoms with van der Waals surface area (Å²) in [6, 6.07) is 25.8. The van der Waals surface area contributed by atoms with Crippen LogP contribution in [0.15, 0.2) is 96.0 Å². The Morgan fingerprint density at radius 1 is 0.800 bits per heavy atom. The molecule has 0 bridgehead atoms. The second-order valence-electron chi connectivity index (χ2n) is 10.0. The predicted molar refractivity (Wildman–Crippen MR) is 163 cm³/mol. The Morgan fingerprint density at radius 3 is 1.80 bits per heavy atom. The van der Waals surface area contributed by atoms with E-state index in [-0.39, 0.29) is 32.3 Å². The average molecular weight is 617 g/mol. The molecule has 1 aliphatic rings. The second-order valence-corrected chi connectivity index (χ2v) is 10.0. The maximum atomic E-state index is 13.1. The first-order valence-corrected chi connectivity index (χ1v) is 14.2. The van der Waals surface area contributed by atoms with E-state index in [0.717, 1.165) is 18.2 Å². The monoisotopic (exact) mass is 616 g/mol. The van der Waals surface area contributed by atoms with Crippen molar-refractivity contribution in [2.24, 2.45) is 10.9 Å². The largest absolute Gasteiger partial charge is 0.532 e. The van der Waals surface area contributed by atoms with Gasteiger partial charge in [0.2, 0.25) is 5.96 Å². The van der Waals surface area contributed by atoms with Crippen molar-refractivity contribution in [1.82, 2.24) is 10.6 Å². The molecule has 3 aromatic rings. The molecule has 45 heavy (non-hydrogen) atoms. The van der Waals surface area contributed by atoms with Crippen molar-refractivity contribution in [3.8, 4) is 0 Å². The molecule has 4 rings (SSSR count). The summed E-state index contributed by atoms with van der Waals surface area (Å²) in [5.74, 6) is -1.39. The van der Waals surface area contributed by atoms with Gasteiger partial charge in [-0.1, -0.05) is 83.3 Å². The van der Waals surface area contributed by atoms with Crippen LogP contribution < -0.4 is 16.0 Å². The van der Waals surface area contributed by atoms with Crippen molar-refractivity contribution >= 4 is 41.9 Å². The lowest BCUT2D eigenvalue weighted by atomic mass is 9.90. The number of rotatable bonds is 9. The molecule has 13 heteroatoms. The van der Waals surface area contributed by atoms with Crippen LogP contribution >= 0.6 is 0 Å². The fourth-order valence-electron chi connectivity index (χ4n) is 4.59. The molecule has 6 amide bonds. The Morgan fingerprint density at radius 2 is 1.31 bits per heavy atom. The molecule has 0 saturated carbocycles. The van der Waals surface area contributed by atoms with Gasteiger partial charge < -0.3 is 14.2 Å². The molecule has 2 atom stereocenters. The Balaban J connectivity index is 1.33. The number of aliphatic imine (C=N–C) groups is 1. The molecule has 0 spiro atoms. The number of benzene rings is 3. The van der Waals surface area contributed by atoms with Crippen molar-refractivity contribution in [2.75, 3.05) is 25.5 Å². The second kappa shape index (κ2) is 15.8. The van der Waals surface area contributed by atoms with Gasteiger partial charge in [0.25, 0.3) is 0 Å². The molecular formula is C32H34N5O8+. The number of nitrogens with one attached hydrogen (secondary N) is 3. The van der Waals surface area contributed by atoms with Gasteiger partial charge in [-0.25, -0.2) is 19.2 Å². The Hall–Kier alpha value is -5.56. The van der Waals surface area contributed by atoms with Crippen LogP contribution in [0.2, 0.25) is 0 Å². The highest BCUT2D eigenvalue weighted by Gasteiger charge is 2.66. The van der Waals surface area contributed by atoms with Gasteiger partial charge in [0.05, 0.1) is 7.11 Å². The smallest absolute Gasteiger partial charge is 0.444 e. The lowest BCUT2D eigenvalue weighted by molar-refractivity contribution is -0.737. The minimum Gasteiger partial charge on any atom is -0.444 e. The summed E-state index contributed by atoms with van der Waals surface area (Å²) < 4.78 is 14.1. The molecule has 1 heterocycles. The van der Waals surface area contributed by atoms with Gasteiger partial charge in [0.15, 0.2) is 0 Å². The number of anilines is 1. The van der Waals surface area contributed by atoms with E-state index < -0.39 is 40.6 Å². The van der Waals surface area contributed by atoms with Gasteiger partial charge >= 0.3 is 30.2 Å². The standard InChI is InChI=1S/C32H33N5O8/c1-43-32(42)37(29(39)34-26-17-9-4-10-18-26)20-25(27(37)38)16-11-19-33-28(35-30(40)44-21-23-12-5-2-6-13-23)36-31(41)45-22-24-14-7-3-8-15-24/h2-10,12-15,17-18,25H,11,16,19-22H2,1H3,(H2-,33,34,35,36,39,40,41)/p+1/t25-,37-/m1/s1. The lowest BCUT2D eigenvalue weighted by Crippen LogP contribution is -2.74. The number of alkyl carbamates (subject to hydrolysis) is 2. The molecule has 13 nitrogen and oxygen atoms in total. The van der Waals surface area contributed by atoms with Crippen molar-refractivity contribution in [2.45, 2.75) is 26.1 Å². The number of likely N-dealkylation sites (tertiary alicyclic amines) is 1. The summed E-state index contributed by atoms with van der Waals surface area (Å²) in [6.07, 6.45) is -2.04. The van der Waals surface area contributed by atoms with Crippen molar-refractivity contribution in [1.29, 1.82) is 0 Å². The highest BCUT2D eigenvalue weighted by atomic mass is 16.6. The summed E-state index contributed by atoms with van der Waals surface area (Å²) in [7, 11) is 1.12. The SMILES string of the molecule is COC(=O)[N@+]1(C(=O)Nc2ccccc2)C[C@@H](CCCN=C(NC(=O)OCc2ccccc2)NC(=O)OCc2ccccc2)C1=O. The highest BCUT2D eigenvalue weighted by molar-refractivity contribution is 6.04. The van der Waals surface area contributed by atoms with E-state index >= 15 is 0 Å². The van der Waals surface area contributed by atoms with Crippen molar-refractivity contribution < 1.29 is 42.7 Å². The average Bonchev–Trinajstić information content (AvgIpc) is 3.06. The van der Waals surface area contributed by atoms with E-state index in [0.29, 0.717) is 18.5 Å². The van der Waals surface area contributed by atoms with E-state index in [1.165, 1.54) is 0 Å². The molecule has 1 aliphatic heterocycles. The number of ether oxygens (including phenoxy) is 3. The third-order valence-electron chi connectivity index (χ3n) is 6.92. The quantitative estimate of drug-likeness (QED) is 0.0760. The van der Waals surface area contributed by atoms with Crippen LogP contribution in [-0.2, 0) is 32.2 Å². The van der Waals surface area contributed by atoms with Crippen LogP contribution in [0.3, 0.4) is 0 Å². The highest BCUT2D eigenvalue weighted by Crippen LogP contribution is 2.33.